The van der Waals surface area contributed by atoms with Gasteiger partial charge in [0.25, 0.3) is 11.6 Å². The first-order valence-electron chi connectivity index (χ1n) is 8.54. The Labute approximate surface area is 171 Å². The summed E-state index contributed by atoms with van der Waals surface area (Å²) in [5.41, 5.74) is 1.43. The van der Waals surface area contributed by atoms with Gasteiger partial charge in [-0.15, -0.1) is 11.3 Å². The van der Waals surface area contributed by atoms with Gasteiger partial charge >= 0.3 is 0 Å². The van der Waals surface area contributed by atoms with Crippen LogP contribution in [0.1, 0.15) is 24.2 Å². The number of aromatic nitrogens is 1. The smallest absolute Gasteiger partial charge is 0.269 e. The molecule has 1 N–H and O–H groups in total. The summed E-state index contributed by atoms with van der Waals surface area (Å²) in [6, 6.07) is 11.8. The fourth-order valence-corrected chi connectivity index (χ4v) is 4.29. The number of nitro benzene ring substituents is 1. The van der Waals surface area contributed by atoms with Gasteiger partial charge in [0.05, 0.1) is 20.8 Å². The fraction of sp³-hybridized carbons (Fsp3) is 0.158. The first kappa shape index (κ1) is 20.6. The fourth-order valence-electron chi connectivity index (χ4n) is 2.47. The van der Waals surface area contributed by atoms with E-state index in [0.29, 0.717) is 16.4 Å². The zero-order valence-corrected chi connectivity index (χ0v) is 17.2. The topological polar surface area (TPSA) is 119 Å². The second-order valence-corrected chi connectivity index (χ2v) is 9.78. The second kappa shape index (κ2) is 8.10. The molecule has 0 atom stereocenters. The van der Waals surface area contributed by atoms with Gasteiger partial charge in [-0.3, -0.25) is 20.2 Å². The van der Waals surface area contributed by atoms with Crippen molar-refractivity contribution in [3.05, 3.63) is 69.6 Å². The lowest BCUT2D eigenvalue weighted by molar-refractivity contribution is -0.384. The molecular formula is C19H17N3O5S2. The van der Waals surface area contributed by atoms with Crippen LogP contribution < -0.4 is 5.32 Å². The molecule has 1 aromatic heterocycles. The van der Waals surface area contributed by atoms with E-state index >= 15 is 0 Å². The zero-order valence-electron chi connectivity index (χ0n) is 15.5. The first-order chi connectivity index (χ1) is 13.7. The number of sulfone groups is 1. The largest absolute Gasteiger partial charge is 0.298 e. The van der Waals surface area contributed by atoms with Crippen molar-refractivity contribution in [2.24, 2.45) is 0 Å². The van der Waals surface area contributed by atoms with Gasteiger partial charge in [-0.05, 0) is 44.2 Å². The predicted octanol–water partition coefficient (Wildman–Crippen LogP) is 4.15. The van der Waals surface area contributed by atoms with Crippen LogP contribution in [-0.4, -0.2) is 29.5 Å². The van der Waals surface area contributed by atoms with Gasteiger partial charge in [0.2, 0.25) is 0 Å². The minimum Gasteiger partial charge on any atom is -0.298 e. The van der Waals surface area contributed by atoms with Crippen molar-refractivity contribution in [1.29, 1.82) is 0 Å². The van der Waals surface area contributed by atoms with E-state index in [1.165, 1.54) is 47.7 Å². The molecule has 0 spiro atoms. The zero-order chi connectivity index (χ0) is 21.2. The molecule has 150 valence electrons. The third kappa shape index (κ3) is 4.49. The minimum atomic E-state index is -3.49. The SMILES string of the molecule is CC(C)S(=O)(=O)c1cccc(C(=O)Nc2nc(-c3ccc([N+](=O)[O-])cc3)cs2)c1. The molecule has 29 heavy (non-hydrogen) atoms. The van der Waals surface area contributed by atoms with Crippen LogP contribution in [-0.2, 0) is 9.84 Å². The Bertz CT molecular complexity index is 1170. The number of hydrogen-bond donors (Lipinski definition) is 1. The van der Waals surface area contributed by atoms with Gasteiger partial charge in [0.15, 0.2) is 15.0 Å². The number of anilines is 1. The Morgan fingerprint density at radius 2 is 1.86 bits per heavy atom. The molecule has 0 aliphatic carbocycles. The number of amides is 1. The van der Waals surface area contributed by atoms with Gasteiger partial charge in [-0.25, -0.2) is 13.4 Å². The van der Waals surface area contributed by atoms with Crippen LogP contribution in [0.25, 0.3) is 11.3 Å². The van der Waals surface area contributed by atoms with Crippen LogP contribution in [0.3, 0.4) is 0 Å². The maximum atomic E-state index is 12.5. The number of thiazole rings is 1. The highest BCUT2D eigenvalue weighted by molar-refractivity contribution is 7.92. The molecule has 3 aromatic rings. The molecular weight excluding hydrogens is 414 g/mol. The third-order valence-corrected chi connectivity index (χ3v) is 7.05. The normalized spacial score (nSPS) is 11.4. The number of benzene rings is 2. The number of hydrogen-bond acceptors (Lipinski definition) is 7. The third-order valence-electron chi connectivity index (χ3n) is 4.14. The highest BCUT2D eigenvalue weighted by Crippen LogP contribution is 2.27. The highest BCUT2D eigenvalue weighted by atomic mass is 32.2. The number of nitro groups is 1. The van der Waals surface area contributed by atoms with Crippen LogP contribution in [0.2, 0.25) is 0 Å². The van der Waals surface area contributed by atoms with E-state index < -0.39 is 25.9 Å². The molecule has 0 bridgehead atoms. The van der Waals surface area contributed by atoms with Crippen molar-refractivity contribution in [3.63, 3.8) is 0 Å². The van der Waals surface area contributed by atoms with E-state index in [2.05, 4.69) is 10.3 Å². The summed E-state index contributed by atoms with van der Waals surface area (Å²) < 4.78 is 24.6. The van der Waals surface area contributed by atoms with E-state index in [4.69, 9.17) is 0 Å². The molecule has 8 nitrogen and oxygen atoms in total. The number of non-ortho nitro benzene ring substituents is 1. The highest BCUT2D eigenvalue weighted by Gasteiger charge is 2.20. The molecule has 0 saturated heterocycles. The van der Waals surface area contributed by atoms with Gasteiger partial charge in [0, 0.05) is 28.6 Å². The van der Waals surface area contributed by atoms with E-state index in [0.717, 1.165) is 0 Å². The van der Waals surface area contributed by atoms with Gasteiger partial charge in [-0.2, -0.15) is 0 Å². The van der Waals surface area contributed by atoms with E-state index in [1.807, 2.05) is 0 Å². The summed E-state index contributed by atoms with van der Waals surface area (Å²) in [6.07, 6.45) is 0. The summed E-state index contributed by atoms with van der Waals surface area (Å²) in [5, 5.41) is 14.8. The number of carbonyl (C=O) groups is 1. The van der Waals surface area contributed by atoms with Crippen molar-refractivity contribution >= 4 is 37.9 Å². The Morgan fingerprint density at radius 1 is 1.17 bits per heavy atom. The number of carbonyl (C=O) groups excluding carboxylic acids is 1. The van der Waals surface area contributed by atoms with Crippen LogP contribution in [0.4, 0.5) is 10.8 Å². The van der Waals surface area contributed by atoms with E-state index in [9.17, 15) is 23.3 Å². The first-order valence-corrected chi connectivity index (χ1v) is 11.0. The average molecular weight is 431 g/mol. The monoisotopic (exact) mass is 431 g/mol. The lowest BCUT2D eigenvalue weighted by atomic mass is 10.1. The standard InChI is InChI=1S/C19H17N3O5S2/c1-12(2)29(26,27)16-5-3-4-14(10-16)18(23)21-19-20-17(11-28-19)13-6-8-15(9-7-13)22(24)25/h3-12H,1-2H3,(H,20,21,23). The quantitative estimate of drug-likeness (QED) is 0.462. The summed E-state index contributed by atoms with van der Waals surface area (Å²) in [7, 11) is -3.49. The second-order valence-electron chi connectivity index (χ2n) is 6.42. The molecule has 0 radical (unpaired) electrons. The van der Waals surface area contributed by atoms with Crippen molar-refractivity contribution in [1.82, 2.24) is 4.98 Å². The van der Waals surface area contributed by atoms with Gasteiger partial charge < -0.3 is 0 Å². The van der Waals surface area contributed by atoms with Gasteiger partial charge in [0.1, 0.15) is 0 Å². The summed E-state index contributed by atoms with van der Waals surface area (Å²) >= 11 is 1.20. The van der Waals surface area contributed by atoms with Crippen molar-refractivity contribution < 1.29 is 18.1 Å². The van der Waals surface area contributed by atoms with Crippen LogP contribution in [0.5, 0.6) is 0 Å². The van der Waals surface area contributed by atoms with Crippen LogP contribution in [0, 0.1) is 10.1 Å². The van der Waals surface area contributed by atoms with E-state index in [1.54, 1.807) is 31.4 Å². The van der Waals surface area contributed by atoms with Crippen molar-refractivity contribution in [2.45, 2.75) is 24.0 Å². The lowest BCUT2D eigenvalue weighted by Crippen LogP contribution is -2.16. The molecule has 0 saturated carbocycles. The number of nitrogens with zero attached hydrogens (tertiary/aromatic N) is 2. The van der Waals surface area contributed by atoms with Crippen molar-refractivity contribution in [3.8, 4) is 11.3 Å². The minimum absolute atomic E-state index is 0.0197. The average Bonchev–Trinajstić information content (AvgIpc) is 3.16. The summed E-state index contributed by atoms with van der Waals surface area (Å²) in [5.74, 6) is -0.476. The Morgan fingerprint density at radius 3 is 2.48 bits per heavy atom. The predicted molar refractivity (Wildman–Crippen MR) is 111 cm³/mol. The summed E-state index contributed by atoms with van der Waals surface area (Å²) in [6.45, 7) is 3.16. The molecule has 0 aliphatic rings. The molecule has 1 heterocycles. The summed E-state index contributed by atoms with van der Waals surface area (Å²) in [4.78, 5) is 27.2. The molecule has 0 aliphatic heterocycles. The molecule has 1 amide bonds. The van der Waals surface area contributed by atoms with Gasteiger partial charge in [-0.1, -0.05) is 6.07 Å². The van der Waals surface area contributed by atoms with Crippen LogP contribution >= 0.6 is 11.3 Å². The van der Waals surface area contributed by atoms with E-state index in [-0.39, 0.29) is 16.1 Å². The van der Waals surface area contributed by atoms with Crippen LogP contribution in [0.15, 0.2) is 58.8 Å². The molecule has 0 fully saturated rings. The lowest BCUT2D eigenvalue weighted by Gasteiger charge is -2.09. The Hall–Kier alpha value is -3.11. The Kier molecular flexibility index (Phi) is 5.76. The molecule has 10 heteroatoms. The molecule has 3 rings (SSSR count). The van der Waals surface area contributed by atoms with Crippen molar-refractivity contribution in [2.75, 3.05) is 5.32 Å². The maximum absolute atomic E-state index is 12.5. The number of rotatable bonds is 6. The number of nitrogens with one attached hydrogen (secondary N) is 1. The molecule has 0 unspecified atom stereocenters. The maximum Gasteiger partial charge on any atom is 0.269 e. The Balaban J connectivity index is 1.78. The molecule has 2 aromatic carbocycles.